The number of allylic oxidation sites excluding steroid dienone is 2. The Kier molecular flexibility index (Phi) is 1.62. The lowest BCUT2D eigenvalue weighted by molar-refractivity contribution is 0.276. The molecule has 0 aromatic heterocycles. The molecule has 0 unspecified atom stereocenters. The van der Waals surface area contributed by atoms with Crippen LogP contribution in [0.2, 0.25) is 0 Å². The number of nitrogens with one attached hydrogen (secondary N) is 1. The molecule has 50 valence electrons. The fourth-order valence-corrected chi connectivity index (χ4v) is 0.940. The van der Waals surface area contributed by atoms with Gasteiger partial charge in [-0.15, -0.1) is 5.10 Å². The molecule has 4 heteroatoms. The number of halogens is 1. The summed E-state index contributed by atoms with van der Waals surface area (Å²) >= 11 is 5.60. The molecule has 0 fully saturated rings. The molecule has 0 aromatic carbocycles. The summed E-state index contributed by atoms with van der Waals surface area (Å²) in [6.07, 6.45) is 1.77. The monoisotopic (exact) mass is 145 g/mol. The van der Waals surface area contributed by atoms with E-state index in [0.29, 0.717) is 5.17 Å². The van der Waals surface area contributed by atoms with E-state index in [1.54, 1.807) is 18.2 Å². The van der Waals surface area contributed by atoms with Crippen molar-refractivity contribution in [2.75, 3.05) is 7.05 Å². The summed E-state index contributed by atoms with van der Waals surface area (Å²) in [7, 11) is 1.79. The Labute approximate surface area is 59.0 Å². The van der Waals surface area contributed by atoms with Crippen LogP contribution in [-0.2, 0) is 0 Å². The molecule has 1 aliphatic rings. The molecule has 0 bridgehead atoms. The third-order valence-corrected chi connectivity index (χ3v) is 1.10. The van der Waals surface area contributed by atoms with Gasteiger partial charge in [0.25, 0.3) is 0 Å². The van der Waals surface area contributed by atoms with Crippen LogP contribution in [0.4, 0.5) is 0 Å². The molecular formula is C5H8ClN3. The highest BCUT2D eigenvalue weighted by Gasteiger charge is 2.01. The lowest BCUT2D eigenvalue weighted by Crippen LogP contribution is -2.31. The Morgan fingerprint density at radius 3 is 2.89 bits per heavy atom. The average molecular weight is 146 g/mol. The number of nitrogens with zero attached hydrogens (tertiary/aromatic N) is 2. The van der Waals surface area contributed by atoms with E-state index in [9.17, 15) is 0 Å². The largest absolute Gasteiger partial charge is 0.287 e. The maximum atomic E-state index is 5.60. The fraction of sp³-hybridized carbons (Fsp3) is 0.400. The van der Waals surface area contributed by atoms with Gasteiger partial charge in [0.15, 0.2) is 5.17 Å². The zero-order valence-corrected chi connectivity index (χ0v) is 6.11. The Morgan fingerprint density at radius 1 is 1.78 bits per heavy atom. The molecule has 9 heavy (non-hydrogen) atoms. The third kappa shape index (κ3) is 1.61. The number of rotatable bonds is 0. The Bertz CT molecular complexity index is 173. The maximum Gasteiger partial charge on any atom is 0.152 e. The van der Waals surface area contributed by atoms with Gasteiger partial charge in [0.1, 0.15) is 0 Å². The van der Waals surface area contributed by atoms with E-state index in [0.717, 1.165) is 5.70 Å². The number of hydrazine groups is 1. The first-order valence-electron chi connectivity index (χ1n) is 2.61. The fourth-order valence-electron chi connectivity index (χ4n) is 0.663. The van der Waals surface area contributed by atoms with Crippen molar-refractivity contribution < 1.29 is 0 Å². The summed E-state index contributed by atoms with van der Waals surface area (Å²) in [4.78, 5) is 0. The van der Waals surface area contributed by atoms with Crippen LogP contribution < -0.4 is 5.43 Å². The van der Waals surface area contributed by atoms with Crippen LogP contribution >= 0.6 is 11.6 Å². The van der Waals surface area contributed by atoms with Crippen molar-refractivity contribution in [1.29, 1.82) is 0 Å². The van der Waals surface area contributed by atoms with E-state index >= 15 is 0 Å². The first kappa shape index (κ1) is 6.42. The van der Waals surface area contributed by atoms with E-state index in [-0.39, 0.29) is 0 Å². The van der Waals surface area contributed by atoms with Crippen molar-refractivity contribution in [3.8, 4) is 0 Å². The average Bonchev–Trinajstić information content (AvgIpc) is 1.59. The Hall–Kier alpha value is -0.700. The molecule has 0 saturated heterocycles. The van der Waals surface area contributed by atoms with Crippen LogP contribution in [-0.4, -0.2) is 17.3 Å². The van der Waals surface area contributed by atoms with Gasteiger partial charge >= 0.3 is 0 Å². The molecule has 1 heterocycles. The third-order valence-electron chi connectivity index (χ3n) is 0.919. The second-order valence-electron chi connectivity index (χ2n) is 1.89. The first-order chi connectivity index (χ1) is 4.18. The molecule has 0 spiro atoms. The van der Waals surface area contributed by atoms with E-state index in [4.69, 9.17) is 11.6 Å². The highest BCUT2D eigenvalue weighted by atomic mass is 35.5. The molecule has 0 amide bonds. The smallest absolute Gasteiger partial charge is 0.152 e. The highest BCUT2D eigenvalue weighted by Crippen LogP contribution is 2.01. The van der Waals surface area contributed by atoms with E-state index in [1.165, 1.54) is 0 Å². The van der Waals surface area contributed by atoms with Gasteiger partial charge in [-0.25, -0.2) is 5.12 Å². The molecule has 0 radical (unpaired) electrons. The maximum absolute atomic E-state index is 5.60. The topological polar surface area (TPSA) is 27.6 Å². The second kappa shape index (κ2) is 2.27. The van der Waals surface area contributed by atoms with Gasteiger partial charge in [-0.2, -0.15) is 0 Å². The van der Waals surface area contributed by atoms with Crippen molar-refractivity contribution in [1.82, 2.24) is 10.5 Å². The van der Waals surface area contributed by atoms with Crippen molar-refractivity contribution in [3.05, 3.63) is 11.8 Å². The van der Waals surface area contributed by atoms with Crippen molar-refractivity contribution >= 4 is 16.8 Å². The molecule has 0 aliphatic carbocycles. The summed E-state index contributed by atoms with van der Waals surface area (Å²) < 4.78 is 0. The van der Waals surface area contributed by atoms with Crippen LogP contribution in [0.1, 0.15) is 6.92 Å². The molecule has 1 rings (SSSR count). The molecule has 3 nitrogen and oxygen atoms in total. The van der Waals surface area contributed by atoms with Gasteiger partial charge in [-0.3, -0.25) is 5.43 Å². The van der Waals surface area contributed by atoms with Gasteiger partial charge in [0.05, 0.1) is 0 Å². The minimum atomic E-state index is 0.508. The zero-order valence-electron chi connectivity index (χ0n) is 5.35. The number of hydrazone groups is 1. The minimum absolute atomic E-state index is 0.508. The molecule has 0 atom stereocenters. The Morgan fingerprint density at radius 2 is 2.44 bits per heavy atom. The summed E-state index contributed by atoms with van der Waals surface area (Å²) in [5, 5.41) is 5.94. The quantitative estimate of drug-likeness (QED) is 0.548. The first-order valence-corrected chi connectivity index (χ1v) is 2.99. The molecule has 0 saturated carbocycles. The van der Waals surface area contributed by atoms with Gasteiger partial charge in [-0.1, -0.05) is 11.6 Å². The lowest BCUT2D eigenvalue weighted by atomic mass is 10.4. The standard InChI is InChI=1S/C5H8ClN3/c1-4-3-5(6)8-9(2)7-4/h3,7H,1-2H3. The molecule has 1 N–H and O–H groups in total. The van der Waals surface area contributed by atoms with Crippen LogP contribution in [0.5, 0.6) is 0 Å². The van der Waals surface area contributed by atoms with Gasteiger partial charge in [0, 0.05) is 12.7 Å². The molecular weight excluding hydrogens is 138 g/mol. The van der Waals surface area contributed by atoms with Crippen LogP contribution in [0.3, 0.4) is 0 Å². The number of hydrogen-bond donors (Lipinski definition) is 1. The van der Waals surface area contributed by atoms with Crippen molar-refractivity contribution in [3.63, 3.8) is 0 Å². The van der Waals surface area contributed by atoms with Gasteiger partial charge in [-0.05, 0) is 13.0 Å². The van der Waals surface area contributed by atoms with E-state index < -0.39 is 0 Å². The zero-order chi connectivity index (χ0) is 6.85. The predicted octanol–water partition coefficient (Wildman–Crippen LogP) is 0.893. The summed E-state index contributed by atoms with van der Waals surface area (Å²) in [5.74, 6) is 0. The van der Waals surface area contributed by atoms with Crippen molar-refractivity contribution in [2.24, 2.45) is 5.10 Å². The van der Waals surface area contributed by atoms with Crippen LogP contribution in [0, 0.1) is 0 Å². The minimum Gasteiger partial charge on any atom is -0.287 e. The molecule has 1 aliphatic heterocycles. The lowest BCUT2D eigenvalue weighted by Gasteiger charge is -2.19. The van der Waals surface area contributed by atoms with Gasteiger partial charge < -0.3 is 0 Å². The normalized spacial score (nSPS) is 18.3. The number of hydrogen-bond acceptors (Lipinski definition) is 3. The highest BCUT2D eigenvalue weighted by molar-refractivity contribution is 6.68. The van der Waals surface area contributed by atoms with Gasteiger partial charge in [0.2, 0.25) is 0 Å². The summed E-state index contributed by atoms with van der Waals surface area (Å²) in [6.45, 7) is 1.92. The Balaban J connectivity index is 2.74. The molecule has 0 aromatic rings. The van der Waals surface area contributed by atoms with Crippen LogP contribution in [0.25, 0.3) is 0 Å². The van der Waals surface area contributed by atoms with Crippen molar-refractivity contribution in [2.45, 2.75) is 6.92 Å². The summed E-state index contributed by atoms with van der Waals surface area (Å²) in [5.41, 5.74) is 3.93. The predicted molar refractivity (Wildman–Crippen MR) is 37.9 cm³/mol. The second-order valence-corrected chi connectivity index (χ2v) is 2.27. The SMILES string of the molecule is CC1=CC(Cl)=NN(C)N1. The van der Waals surface area contributed by atoms with E-state index in [2.05, 4.69) is 10.5 Å². The summed E-state index contributed by atoms with van der Waals surface area (Å²) in [6, 6.07) is 0. The van der Waals surface area contributed by atoms with Crippen LogP contribution in [0.15, 0.2) is 16.9 Å². The van der Waals surface area contributed by atoms with E-state index in [1.807, 2.05) is 6.92 Å².